The van der Waals surface area contributed by atoms with Crippen molar-refractivity contribution in [3.63, 3.8) is 0 Å². The van der Waals surface area contributed by atoms with Crippen LogP contribution in [0.2, 0.25) is 0 Å². The van der Waals surface area contributed by atoms with Gasteiger partial charge in [0.25, 0.3) is 10.0 Å². The summed E-state index contributed by atoms with van der Waals surface area (Å²) in [5.41, 5.74) is 2.58. The fourth-order valence-electron chi connectivity index (χ4n) is 3.25. The molecule has 2 heterocycles. The third kappa shape index (κ3) is 3.53. The fourth-order valence-corrected chi connectivity index (χ4v) is 5.93. The maximum atomic E-state index is 13.2. The monoisotopic (exact) mass is 398 g/mol. The number of rotatable bonds is 4. The predicted octanol–water partition coefficient (Wildman–Crippen LogP) is 3.50. The number of amides is 1. The lowest BCUT2D eigenvalue weighted by Crippen LogP contribution is -2.50. The number of carbonyl (C=O) groups is 1. The van der Waals surface area contributed by atoms with E-state index in [4.69, 9.17) is 0 Å². The number of carbonyl (C=O) groups excluding carboxylic acids is 1. The van der Waals surface area contributed by atoms with Crippen molar-refractivity contribution in [2.45, 2.75) is 23.2 Å². The number of sulfonamides is 1. The highest BCUT2D eigenvalue weighted by Gasteiger charge is 2.40. The van der Waals surface area contributed by atoms with Crippen molar-refractivity contribution in [1.82, 2.24) is 4.31 Å². The Bertz CT molecular complexity index is 1050. The lowest BCUT2D eigenvalue weighted by Gasteiger charge is -2.34. The van der Waals surface area contributed by atoms with E-state index in [1.807, 2.05) is 42.5 Å². The molecular weight excluding hydrogens is 380 g/mol. The first-order chi connectivity index (χ1) is 13.1. The van der Waals surface area contributed by atoms with E-state index in [9.17, 15) is 13.2 Å². The highest BCUT2D eigenvalue weighted by Crippen LogP contribution is 2.31. The Morgan fingerprint density at radius 2 is 1.67 bits per heavy atom. The van der Waals surface area contributed by atoms with Crippen LogP contribution >= 0.6 is 11.3 Å². The number of fused-ring (bicyclic) bond motifs is 1. The molecule has 138 valence electrons. The Hall–Kier alpha value is -2.48. The molecular formula is C20H18N2O3S2. The molecule has 27 heavy (non-hydrogen) atoms. The largest absolute Gasteiger partial charge is 0.325 e. The van der Waals surface area contributed by atoms with Gasteiger partial charge in [0.1, 0.15) is 10.3 Å². The second kappa shape index (κ2) is 7.26. The SMILES string of the molecule is O=C(Nc1ccccc1)[C@H]1Cc2ccccc2CN1S(=O)(=O)c1cccs1. The van der Waals surface area contributed by atoms with E-state index < -0.39 is 16.1 Å². The molecule has 1 N–H and O–H groups in total. The van der Waals surface area contributed by atoms with Crippen LogP contribution in [-0.4, -0.2) is 24.7 Å². The topological polar surface area (TPSA) is 66.5 Å². The highest BCUT2D eigenvalue weighted by atomic mass is 32.2. The molecule has 0 spiro atoms. The number of nitrogens with one attached hydrogen (secondary N) is 1. The van der Waals surface area contributed by atoms with Gasteiger partial charge in [-0.15, -0.1) is 11.3 Å². The molecule has 0 bridgehead atoms. The Labute approximate surface area is 162 Å². The van der Waals surface area contributed by atoms with Gasteiger partial charge in [0.2, 0.25) is 5.91 Å². The first kappa shape index (κ1) is 17.9. The third-order valence-corrected chi connectivity index (χ3v) is 7.84. The Balaban J connectivity index is 1.71. The van der Waals surface area contributed by atoms with Crippen LogP contribution in [0, 0.1) is 0 Å². The quantitative estimate of drug-likeness (QED) is 0.731. The normalized spacial score (nSPS) is 17.3. The molecule has 2 aromatic carbocycles. The predicted molar refractivity (Wildman–Crippen MR) is 106 cm³/mol. The molecule has 4 rings (SSSR count). The average molecular weight is 399 g/mol. The Kier molecular flexibility index (Phi) is 4.82. The zero-order chi connectivity index (χ0) is 18.9. The van der Waals surface area contributed by atoms with Gasteiger partial charge in [-0.3, -0.25) is 4.79 Å². The van der Waals surface area contributed by atoms with Crippen LogP contribution in [-0.2, 0) is 27.8 Å². The molecule has 7 heteroatoms. The number of thiophene rings is 1. The van der Waals surface area contributed by atoms with Crippen molar-refractivity contribution in [2.75, 3.05) is 5.32 Å². The minimum absolute atomic E-state index is 0.184. The molecule has 0 saturated carbocycles. The van der Waals surface area contributed by atoms with Gasteiger partial charge in [0.15, 0.2) is 0 Å². The zero-order valence-corrected chi connectivity index (χ0v) is 16.0. The summed E-state index contributed by atoms with van der Waals surface area (Å²) in [6, 6.07) is 19.2. The van der Waals surface area contributed by atoms with Crippen molar-refractivity contribution in [3.8, 4) is 0 Å². The van der Waals surface area contributed by atoms with Crippen LogP contribution in [0.5, 0.6) is 0 Å². The van der Waals surface area contributed by atoms with E-state index >= 15 is 0 Å². The van der Waals surface area contributed by atoms with Crippen LogP contribution < -0.4 is 5.32 Å². The number of anilines is 1. The molecule has 0 unspecified atom stereocenters. The number of para-hydroxylation sites is 1. The van der Waals surface area contributed by atoms with Crippen molar-refractivity contribution in [2.24, 2.45) is 0 Å². The summed E-state index contributed by atoms with van der Waals surface area (Å²) in [7, 11) is -3.76. The summed E-state index contributed by atoms with van der Waals surface area (Å²) in [4.78, 5) is 13.0. The minimum Gasteiger partial charge on any atom is -0.325 e. The number of benzene rings is 2. The van der Waals surface area contributed by atoms with Crippen LogP contribution in [0.15, 0.2) is 76.3 Å². The maximum absolute atomic E-state index is 13.2. The van der Waals surface area contributed by atoms with Crippen molar-refractivity contribution >= 4 is 33.0 Å². The van der Waals surface area contributed by atoms with Crippen LogP contribution in [0.4, 0.5) is 5.69 Å². The molecule has 0 aliphatic carbocycles. The minimum atomic E-state index is -3.76. The lowest BCUT2D eigenvalue weighted by atomic mass is 9.95. The molecule has 0 saturated heterocycles. The van der Waals surface area contributed by atoms with E-state index in [-0.39, 0.29) is 16.7 Å². The standard InChI is InChI=1S/C20H18N2O3S2/c23-20(21-17-9-2-1-3-10-17)18-13-15-7-4-5-8-16(15)14-22(18)27(24,25)19-11-6-12-26-19/h1-12,18H,13-14H2,(H,21,23)/t18-/m1/s1. The summed E-state index contributed by atoms with van der Waals surface area (Å²) in [6.45, 7) is 0.184. The van der Waals surface area contributed by atoms with Crippen LogP contribution in [0.1, 0.15) is 11.1 Å². The van der Waals surface area contributed by atoms with Gasteiger partial charge in [-0.25, -0.2) is 8.42 Å². The van der Waals surface area contributed by atoms with Gasteiger partial charge >= 0.3 is 0 Å². The van der Waals surface area contributed by atoms with E-state index in [0.29, 0.717) is 12.1 Å². The molecule has 3 aromatic rings. The van der Waals surface area contributed by atoms with Crippen molar-refractivity contribution in [1.29, 1.82) is 0 Å². The molecule has 0 radical (unpaired) electrons. The molecule has 1 aliphatic rings. The van der Waals surface area contributed by atoms with Gasteiger partial charge in [-0.05, 0) is 41.1 Å². The molecule has 0 fully saturated rings. The summed E-state index contributed by atoms with van der Waals surface area (Å²) >= 11 is 1.16. The number of nitrogens with zero attached hydrogens (tertiary/aromatic N) is 1. The van der Waals surface area contributed by atoms with Gasteiger partial charge < -0.3 is 5.32 Å². The van der Waals surface area contributed by atoms with E-state index in [0.717, 1.165) is 22.5 Å². The van der Waals surface area contributed by atoms with E-state index in [1.165, 1.54) is 4.31 Å². The first-order valence-electron chi connectivity index (χ1n) is 8.54. The van der Waals surface area contributed by atoms with Crippen LogP contribution in [0.25, 0.3) is 0 Å². The summed E-state index contributed by atoms with van der Waals surface area (Å²) in [5.74, 6) is -0.323. The first-order valence-corrected chi connectivity index (χ1v) is 10.9. The van der Waals surface area contributed by atoms with E-state index in [2.05, 4.69) is 5.32 Å². The van der Waals surface area contributed by atoms with Gasteiger partial charge in [-0.2, -0.15) is 4.31 Å². The molecule has 5 nitrogen and oxygen atoms in total. The highest BCUT2D eigenvalue weighted by molar-refractivity contribution is 7.91. The summed E-state index contributed by atoms with van der Waals surface area (Å²) < 4.78 is 27.9. The van der Waals surface area contributed by atoms with Crippen LogP contribution in [0.3, 0.4) is 0 Å². The summed E-state index contributed by atoms with van der Waals surface area (Å²) in [6.07, 6.45) is 0.347. The number of hydrogen-bond acceptors (Lipinski definition) is 4. The third-order valence-electron chi connectivity index (χ3n) is 4.61. The van der Waals surface area contributed by atoms with Crippen molar-refractivity contribution in [3.05, 3.63) is 83.2 Å². The van der Waals surface area contributed by atoms with Gasteiger partial charge in [0.05, 0.1) is 0 Å². The molecule has 1 amide bonds. The molecule has 1 aliphatic heterocycles. The van der Waals surface area contributed by atoms with Crippen molar-refractivity contribution < 1.29 is 13.2 Å². The Morgan fingerprint density at radius 3 is 2.37 bits per heavy atom. The summed E-state index contributed by atoms with van der Waals surface area (Å²) in [5, 5.41) is 4.57. The van der Waals surface area contributed by atoms with Gasteiger partial charge in [0, 0.05) is 12.2 Å². The molecule has 1 aromatic heterocycles. The Morgan fingerprint density at radius 1 is 0.963 bits per heavy atom. The van der Waals surface area contributed by atoms with Gasteiger partial charge in [-0.1, -0.05) is 48.5 Å². The fraction of sp³-hybridized carbons (Fsp3) is 0.150. The second-order valence-electron chi connectivity index (χ2n) is 6.33. The zero-order valence-electron chi connectivity index (χ0n) is 14.4. The van der Waals surface area contributed by atoms with E-state index in [1.54, 1.807) is 29.6 Å². The average Bonchev–Trinajstić information content (AvgIpc) is 3.23. The lowest BCUT2D eigenvalue weighted by molar-refractivity contribution is -0.120. The molecule has 1 atom stereocenters. The number of hydrogen-bond donors (Lipinski definition) is 1. The smallest absolute Gasteiger partial charge is 0.253 e. The second-order valence-corrected chi connectivity index (χ2v) is 9.39. The maximum Gasteiger partial charge on any atom is 0.253 e.